The first-order valence-electron chi connectivity index (χ1n) is 7.62. The molecule has 0 aromatic carbocycles. The van der Waals surface area contributed by atoms with Crippen molar-refractivity contribution in [1.82, 2.24) is 29.1 Å². The molecule has 0 N–H and O–H groups in total. The molecular weight excluding hydrogens is 340 g/mol. The number of ether oxygens (including phenoxy) is 1. The second kappa shape index (κ2) is 5.86. The van der Waals surface area contributed by atoms with E-state index in [9.17, 15) is 0 Å². The van der Waals surface area contributed by atoms with E-state index in [-0.39, 0.29) is 0 Å². The predicted octanol–water partition coefficient (Wildman–Crippen LogP) is 3.16. The topological polar surface area (TPSA) is 70.1 Å². The number of pyridine rings is 1. The average molecular weight is 355 g/mol. The molecule has 0 saturated carbocycles. The van der Waals surface area contributed by atoms with Crippen LogP contribution in [0.2, 0.25) is 5.15 Å². The first-order chi connectivity index (χ1) is 12.1. The first kappa shape index (κ1) is 15.6. The maximum Gasteiger partial charge on any atom is 0.217 e. The second-order valence-corrected chi connectivity index (χ2v) is 5.99. The van der Waals surface area contributed by atoms with Gasteiger partial charge in [0.1, 0.15) is 5.52 Å². The third-order valence-electron chi connectivity index (χ3n) is 4.12. The standard InChI is InChI=1S/C17H15ClN6O/c1-10-12(11-4-5-19-13(8-11)25-3)9-24-14(10)15(18)21-16(22-24)17-20-6-7-23(17)2/h4-9H,1-3H3. The molecule has 4 rings (SSSR count). The zero-order valence-corrected chi connectivity index (χ0v) is 14.7. The normalized spacial score (nSPS) is 11.2. The van der Waals surface area contributed by atoms with Crippen molar-refractivity contribution >= 4 is 17.1 Å². The predicted molar refractivity (Wildman–Crippen MR) is 94.7 cm³/mol. The van der Waals surface area contributed by atoms with Crippen molar-refractivity contribution in [2.24, 2.45) is 7.05 Å². The van der Waals surface area contributed by atoms with Gasteiger partial charge in [-0.05, 0) is 24.1 Å². The summed E-state index contributed by atoms with van der Waals surface area (Å²) in [6.45, 7) is 1.99. The maximum absolute atomic E-state index is 6.45. The van der Waals surface area contributed by atoms with Crippen molar-refractivity contribution < 1.29 is 4.74 Å². The van der Waals surface area contributed by atoms with E-state index in [1.807, 2.05) is 43.1 Å². The van der Waals surface area contributed by atoms with Gasteiger partial charge in [-0.2, -0.15) is 0 Å². The van der Waals surface area contributed by atoms with E-state index in [1.165, 1.54) is 0 Å². The molecular formula is C17H15ClN6O. The van der Waals surface area contributed by atoms with Crippen molar-refractivity contribution in [3.8, 4) is 28.7 Å². The van der Waals surface area contributed by atoms with Crippen LogP contribution in [-0.2, 0) is 7.05 Å². The molecule has 0 atom stereocenters. The summed E-state index contributed by atoms with van der Waals surface area (Å²) in [5, 5.41) is 4.97. The Morgan fingerprint density at radius 3 is 2.76 bits per heavy atom. The summed E-state index contributed by atoms with van der Waals surface area (Å²) in [4.78, 5) is 12.9. The number of aryl methyl sites for hydroxylation is 2. The lowest BCUT2D eigenvalue weighted by atomic mass is 10.1. The van der Waals surface area contributed by atoms with Crippen LogP contribution in [0.25, 0.3) is 28.3 Å². The number of methoxy groups -OCH3 is 1. The van der Waals surface area contributed by atoms with Crippen LogP contribution in [0.5, 0.6) is 5.88 Å². The van der Waals surface area contributed by atoms with Crippen LogP contribution in [0.4, 0.5) is 0 Å². The molecule has 4 heterocycles. The van der Waals surface area contributed by atoms with E-state index in [0.29, 0.717) is 22.7 Å². The molecule has 25 heavy (non-hydrogen) atoms. The smallest absolute Gasteiger partial charge is 0.217 e. The molecule has 126 valence electrons. The number of imidazole rings is 1. The van der Waals surface area contributed by atoms with Gasteiger partial charge in [-0.25, -0.2) is 19.5 Å². The number of halogens is 1. The fraction of sp³-hybridized carbons (Fsp3) is 0.176. The Balaban J connectivity index is 1.92. The Labute approximate surface area is 148 Å². The average Bonchev–Trinajstić information content (AvgIpc) is 3.18. The van der Waals surface area contributed by atoms with Gasteiger partial charge in [0.25, 0.3) is 0 Å². The summed E-state index contributed by atoms with van der Waals surface area (Å²) in [5.74, 6) is 1.68. The third-order valence-corrected chi connectivity index (χ3v) is 4.38. The summed E-state index contributed by atoms with van der Waals surface area (Å²) >= 11 is 6.45. The van der Waals surface area contributed by atoms with Gasteiger partial charge in [-0.3, -0.25) is 0 Å². The van der Waals surface area contributed by atoms with Crippen molar-refractivity contribution in [3.63, 3.8) is 0 Å². The molecule has 4 aromatic heterocycles. The SMILES string of the molecule is COc1cc(-c2cn3nc(-c4nccn4C)nc(Cl)c3c2C)ccn1. The fourth-order valence-corrected chi connectivity index (χ4v) is 3.15. The van der Waals surface area contributed by atoms with Crippen molar-refractivity contribution in [2.45, 2.75) is 6.92 Å². The molecule has 0 fully saturated rings. The lowest BCUT2D eigenvalue weighted by molar-refractivity contribution is 0.398. The second-order valence-electron chi connectivity index (χ2n) is 5.64. The first-order valence-corrected chi connectivity index (χ1v) is 8.00. The highest BCUT2D eigenvalue weighted by Crippen LogP contribution is 2.32. The van der Waals surface area contributed by atoms with Crippen LogP contribution < -0.4 is 4.74 Å². The minimum atomic E-state index is 0.387. The summed E-state index contributed by atoms with van der Waals surface area (Å²) in [6, 6.07) is 3.80. The monoisotopic (exact) mass is 354 g/mol. The quantitative estimate of drug-likeness (QED) is 0.565. The third kappa shape index (κ3) is 2.53. The van der Waals surface area contributed by atoms with Crippen LogP contribution >= 0.6 is 11.6 Å². The van der Waals surface area contributed by atoms with Gasteiger partial charge < -0.3 is 9.30 Å². The highest BCUT2D eigenvalue weighted by molar-refractivity contribution is 6.33. The van der Waals surface area contributed by atoms with E-state index < -0.39 is 0 Å². The fourth-order valence-electron chi connectivity index (χ4n) is 2.84. The molecule has 8 heteroatoms. The summed E-state index contributed by atoms with van der Waals surface area (Å²) in [6.07, 6.45) is 7.18. The van der Waals surface area contributed by atoms with Crippen LogP contribution in [0.15, 0.2) is 36.9 Å². The Bertz CT molecular complexity index is 1080. The van der Waals surface area contributed by atoms with Gasteiger partial charge in [-0.15, -0.1) is 5.10 Å². The lowest BCUT2D eigenvalue weighted by Crippen LogP contribution is -2.02. The Morgan fingerprint density at radius 2 is 2.04 bits per heavy atom. The van der Waals surface area contributed by atoms with Gasteiger partial charge in [0, 0.05) is 43.5 Å². The largest absolute Gasteiger partial charge is 0.481 e. The molecule has 0 unspecified atom stereocenters. The van der Waals surface area contributed by atoms with E-state index in [1.54, 1.807) is 24.0 Å². The number of hydrogen-bond donors (Lipinski definition) is 0. The van der Waals surface area contributed by atoms with Crippen LogP contribution in [0.3, 0.4) is 0 Å². The summed E-state index contributed by atoms with van der Waals surface area (Å²) < 4.78 is 8.81. The zero-order valence-electron chi connectivity index (χ0n) is 13.9. The number of nitrogens with zero attached hydrogens (tertiary/aromatic N) is 6. The van der Waals surface area contributed by atoms with Crippen LogP contribution in [0, 0.1) is 6.92 Å². The Hall–Kier alpha value is -2.93. The summed E-state index contributed by atoms with van der Waals surface area (Å²) in [7, 11) is 3.48. The molecule has 0 radical (unpaired) electrons. The lowest BCUT2D eigenvalue weighted by Gasteiger charge is -2.04. The number of rotatable bonds is 3. The van der Waals surface area contributed by atoms with Crippen molar-refractivity contribution in [1.29, 1.82) is 0 Å². The molecule has 4 aromatic rings. The van der Waals surface area contributed by atoms with Gasteiger partial charge in [0.2, 0.25) is 11.7 Å². The minimum Gasteiger partial charge on any atom is -0.481 e. The highest BCUT2D eigenvalue weighted by Gasteiger charge is 2.17. The summed E-state index contributed by atoms with van der Waals surface area (Å²) in [5.41, 5.74) is 3.73. The molecule has 0 aliphatic carbocycles. The molecule has 7 nitrogen and oxygen atoms in total. The van der Waals surface area contributed by atoms with Crippen molar-refractivity contribution in [2.75, 3.05) is 7.11 Å². The number of hydrogen-bond acceptors (Lipinski definition) is 5. The van der Waals surface area contributed by atoms with Crippen LogP contribution in [-0.4, -0.2) is 36.2 Å². The molecule has 0 spiro atoms. The minimum absolute atomic E-state index is 0.387. The zero-order chi connectivity index (χ0) is 17.6. The number of fused-ring (bicyclic) bond motifs is 1. The van der Waals surface area contributed by atoms with Gasteiger partial charge >= 0.3 is 0 Å². The van der Waals surface area contributed by atoms with Crippen LogP contribution in [0.1, 0.15) is 5.56 Å². The van der Waals surface area contributed by atoms with E-state index in [2.05, 4.69) is 20.1 Å². The van der Waals surface area contributed by atoms with Gasteiger partial charge in [0.05, 0.1) is 7.11 Å². The van der Waals surface area contributed by atoms with E-state index in [4.69, 9.17) is 16.3 Å². The molecule has 0 aliphatic heterocycles. The molecule has 0 saturated heterocycles. The Morgan fingerprint density at radius 1 is 1.20 bits per heavy atom. The maximum atomic E-state index is 6.45. The van der Waals surface area contributed by atoms with Crippen molar-refractivity contribution in [3.05, 3.63) is 47.6 Å². The Kier molecular flexibility index (Phi) is 3.65. The molecule has 0 bridgehead atoms. The molecule has 0 amide bonds. The van der Waals surface area contributed by atoms with Gasteiger partial charge in [-0.1, -0.05) is 11.6 Å². The number of aromatic nitrogens is 6. The van der Waals surface area contributed by atoms with E-state index in [0.717, 1.165) is 22.2 Å². The molecule has 0 aliphatic rings. The van der Waals surface area contributed by atoms with Gasteiger partial charge in [0.15, 0.2) is 11.0 Å². The van der Waals surface area contributed by atoms with E-state index >= 15 is 0 Å². The highest BCUT2D eigenvalue weighted by atomic mass is 35.5.